The van der Waals surface area contributed by atoms with Crippen LogP contribution in [0, 0.1) is 25.7 Å². The van der Waals surface area contributed by atoms with Crippen molar-refractivity contribution in [3.8, 4) is 22.3 Å². The fourth-order valence-electron chi connectivity index (χ4n) is 10.1. The Morgan fingerprint density at radius 1 is 0.500 bits per heavy atom. The molecule has 2 fully saturated rings. The zero-order chi connectivity index (χ0) is 36.2. The van der Waals surface area contributed by atoms with Crippen LogP contribution in [0.4, 0.5) is 0 Å². The first kappa shape index (κ1) is 49.9. The van der Waals surface area contributed by atoms with Crippen LogP contribution in [0.25, 0.3) is 43.8 Å². The van der Waals surface area contributed by atoms with Crippen LogP contribution in [-0.2, 0) is 36.2 Å². The Labute approximate surface area is 370 Å². The Kier molecular flexibility index (Phi) is 22.0. The minimum atomic E-state index is 0. The molecule has 2 aliphatic rings. The first-order valence-corrected chi connectivity index (χ1v) is 24.5. The summed E-state index contributed by atoms with van der Waals surface area (Å²) in [6, 6.07) is 45.0. The Morgan fingerprint density at radius 2 is 0.857 bits per heavy atom. The molecule has 300 valence electrons. The zero-order valence-electron chi connectivity index (χ0n) is 34.7. The molecule has 0 heterocycles. The molecule has 0 atom stereocenters. The first-order chi connectivity index (χ1) is 25.6. The van der Waals surface area contributed by atoms with Crippen molar-refractivity contribution in [1.29, 1.82) is 0 Å². The van der Waals surface area contributed by atoms with Gasteiger partial charge in [-0.05, 0) is 73.3 Å². The summed E-state index contributed by atoms with van der Waals surface area (Å²) in [5.41, 5.74) is 9.61. The third-order valence-electron chi connectivity index (χ3n) is 12.3. The van der Waals surface area contributed by atoms with E-state index in [2.05, 4.69) is 142 Å². The molecule has 4 heteroatoms. The predicted molar refractivity (Wildman–Crippen MR) is 251 cm³/mol. The van der Waals surface area contributed by atoms with Crippen LogP contribution in [0.2, 0.25) is 0 Å². The molecule has 56 heavy (non-hydrogen) atoms. The van der Waals surface area contributed by atoms with E-state index in [1.165, 1.54) is 170 Å². The molecule has 0 aliphatic heterocycles. The number of rotatable bonds is 10. The van der Waals surface area contributed by atoms with Gasteiger partial charge >= 0.3 is 30.2 Å². The molecule has 8 rings (SSSR count). The summed E-state index contributed by atoms with van der Waals surface area (Å²) < 4.78 is 0. The molecule has 2 aliphatic carbocycles. The molecule has 0 saturated heterocycles. The van der Waals surface area contributed by atoms with Gasteiger partial charge in [-0.2, -0.15) is 12.1 Å². The fraction of sp³-hybridized carbons (Fsp3) is 0.385. The van der Waals surface area contributed by atoms with Crippen LogP contribution in [0.1, 0.15) is 115 Å². The van der Waals surface area contributed by atoms with Crippen molar-refractivity contribution < 1.29 is 23.3 Å². The van der Waals surface area contributed by atoms with E-state index >= 15 is 0 Å². The summed E-state index contributed by atoms with van der Waals surface area (Å²) in [5, 5.41) is 5.65. The van der Waals surface area contributed by atoms with Gasteiger partial charge in [0.05, 0.1) is 0 Å². The Bertz CT molecular complexity index is 1810. The third-order valence-corrected chi connectivity index (χ3v) is 12.3. The summed E-state index contributed by atoms with van der Waals surface area (Å²) in [6.45, 7) is 7.77. The SMILES string of the molecule is CCCC1(Cc2cc3c(-c4ccccc4)cccc3[cH-]2)CCCCC1.CCCC1(Cc2cc3c(-c4ccccc4)cccc3[cH-]2)CCCCC1.Cl.Cl.[CH3-].[CH3-].[Si]=[Zr]. The molecule has 2 saturated carbocycles. The van der Waals surface area contributed by atoms with Crippen LogP contribution in [0.5, 0.6) is 0 Å². The summed E-state index contributed by atoms with van der Waals surface area (Å²) >= 11 is 1.36. The van der Waals surface area contributed by atoms with Gasteiger partial charge < -0.3 is 14.9 Å². The van der Waals surface area contributed by atoms with Crippen LogP contribution in [-0.4, -0.2) is 6.88 Å². The van der Waals surface area contributed by atoms with Crippen molar-refractivity contribution in [1.82, 2.24) is 0 Å². The summed E-state index contributed by atoms with van der Waals surface area (Å²) in [4.78, 5) is 0. The van der Waals surface area contributed by atoms with Crippen molar-refractivity contribution >= 4 is 53.2 Å². The standard InChI is InChI=1S/2C25H29.2CH3.2ClH.Si.Zr/c2*1-2-14-25(15-7-4-8-16-25)19-20-17-22-12-9-13-23(24(22)18-20)21-10-5-3-6-11-21;;;;;;/h2*3,5-6,9-13,17-18H,2,4,7-8,14-16,19H2,1H3;2*1H3;2*1H;;/q4*-1;;;;. The number of benzene rings is 4. The molecule has 0 aromatic heterocycles. The van der Waals surface area contributed by atoms with E-state index in [4.69, 9.17) is 0 Å². The normalized spacial score (nSPS) is 15.2. The Morgan fingerprint density at radius 3 is 1.20 bits per heavy atom. The zero-order valence-corrected chi connectivity index (χ0v) is 39.8. The van der Waals surface area contributed by atoms with Gasteiger partial charge in [-0.1, -0.05) is 149 Å². The van der Waals surface area contributed by atoms with Crippen LogP contribution >= 0.6 is 24.8 Å². The molecule has 6 aromatic carbocycles. The number of halogens is 2. The van der Waals surface area contributed by atoms with E-state index in [1.807, 2.05) is 0 Å². The van der Waals surface area contributed by atoms with E-state index in [1.54, 1.807) is 11.1 Å². The molecule has 6 aromatic rings. The van der Waals surface area contributed by atoms with Gasteiger partial charge in [0.2, 0.25) is 0 Å². The van der Waals surface area contributed by atoms with Crippen molar-refractivity contribution in [3.63, 3.8) is 0 Å². The van der Waals surface area contributed by atoms with Gasteiger partial charge in [0.1, 0.15) is 0 Å². The van der Waals surface area contributed by atoms with Gasteiger partial charge in [-0.15, -0.1) is 93.9 Å². The van der Waals surface area contributed by atoms with Crippen molar-refractivity contribution in [3.05, 3.63) is 147 Å². The topological polar surface area (TPSA) is 0 Å². The van der Waals surface area contributed by atoms with E-state index < -0.39 is 0 Å². The first-order valence-electron chi connectivity index (χ1n) is 20.3. The molecular formula is C52H66Cl2SiZr-4. The van der Waals surface area contributed by atoms with Crippen molar-refractivity contribution in [2.75, 3.05) is 0 Å². The van der Waals surface area contributed by atoms with E-state index in [0.717, 1.165) is 0 Å². The van der Waals surface area contributed by atoms with Gasteiger partial charge in [0.25, 0.3) is 0 Å². The summed E-state index contributed by atoms with van der Waals surface area (Å²) in [5.74, 6) is 0. The summed E-state index contributed by atoms with van der Waals surface area (Å²) in [6.07, 6.45) is 22.2. The van der Waals surface area contributed by atoms with E-state index in [9.17, 15) is 0 Å². The van der Waals surface area contributed by atoms with Gasteiger partial charge in [-0.3, -0.25) is 0 Å². The number of fused-ring (bicyclic) bond motifs is 2. The van der Waals surface area contributed by atoms with Crippen LogP contribution < -0.4 is 0 Å². The fourth-order valence-corrected chi connectivity index (χ4v) is 10.1. The maximum atomic E-state index is 3.06. The molecule has 0 nitrogen and oxygen atoms in total. The molecular weight excluding hydrogens is 815 g/mol. The Balaban J connectivity index is 0.000000347. The second-order valence-electron chi connectivity index (χ2n) is 16.1. The average molecular weight is 881 g/mol. The molecule has 0 unspecified atom stereocenters. The average Bonchev–Trinajstić information content (AvgIpc) is 3.80. The number of hydrogen-bond acceptors (Lipinski definition) is 0. The Hall–Kier alpha value is -2.22. The number of hydrogen-bond donors (Lipinski definition) is 0. The summed E-state index contributed by atoms with van der Waals surface area (Å²) in [7, 11) is 0. The molecule has 0 spiro atoms. The minimum absolute atomic E-state index is 0. The van der Waals surface area contributed by atoms with Gasteiger partial charge in [-0.25, -0.2) is 0 Å². The van der Waals surface area contributed by atoms with Gasteiger partial charge in [0, 0.05) is 0 Å². The molecule has 0 N–H and O–H groups in total. The maximum absolute atomic E-state index is 3.06. The van der Waals surface area contributed by atoms with Gasteiger partial charge in [0.15, 0.2) is 0 Å². The van der Waals surface area contributed by atoms with Crippen molar-refractivity contribution in [2.45, 2.75) is 117 Å². The van der Waals surface area contributed by atoms with Crippen LogP contribution in [0.3, 0.4) is 0 Å². The third kappa shape index (κ3) is 12.4. The molecule has 0 amide bonds. The van der Waals surface area contributed by atoms with E-state index in [0.29, 0.717) is 10.8 Å². The monoisotopic (exact) mass is 878 g/mol. The van der Waals surface area contributed by atoms with Crippen molar-refractivity contribution in [2.24, 2.45) is 10.8 Å². The second-order valence-corrected chi connectivity index (χ2v) is 16.1. The molecule has 0 bridgehead atoms. The molecule has 2 radical (unpaired) electrons. The predicted octanol–water partition coefficient (Wildman–Crippen LogP) is 16.4. The van der Waals surface area contributed by atoms with E-state index in [-0.39, 0.29) is 39.7 Å². The quantitative estimate of drug-likeness (QED) is 0.0950. The second kappa shape index (κ2) is 24.6. The van der Waals surface area contributed by atoms with Crippen LogP contribution in [0.15, 0.2) is 121 Å².